The van der Waals surface area contributed by atoms with Crippen molar-refractivity contribution in [3.8, 4) is 23.0 Å². The third kappa shape index (κ3) is 5.43. The Morgan fingerprint density at radius 1 is 0.875 bits per heavy atom. The van der Waals surface area contributed by atoms with E-state index in [1.807, 2.05) is 36.4 Å². The highest BCUT2D eigenvalue weighted by molar-refractivity contribution is 5.90. The molecule has 1 aliphatic heterocycles. The van der Waals surface area contributed by atoms with E-state index < -0.39 is 0 Å². The SMILES string of the molecule is COc1cc(NC(=O)N[C@@H](Cc2ccccc2)Cc2ccc3c(c2)OCO3)cc(OC)c1. The van der Waals surface area contributed by atoms with Crippen molar-refractivity contribution in [3.05, 3.63) is 77.9 Å². The van der Waals surface area contributed by atoms with Crippen molar-refractivity contribution < 1.29 is 23.7 Å². The summed E-state index contributed by atoms with van der Waals surface area (Å²) >= 11 is 0. The first-order valence-corrected chi connectivity index (χ1v) is 10.4. The van der Waals surface area contributed by atoms with Gasteiger partial charge in [0.1, 0.15) is 11.5 Å². The molecule has 0 radical (unpaired) electrons. The molecule has 0 saturated heterocycles. The number of hydrogen-bond acceptors (Lipinski definition) is 5. The Hall–Kier alpha value is -3.87. The van der Waals surface area contributed by atoms with Gasteiger partial charge in [0, 0.05) is 29.9 Å². The van der Waals surface area contributed by atoms with Crippen molar-refractivity contribution in [2.75, 3.05) is 26.3 Å². The smallest absolute Gasteiger partial charge is 0.319 e. The number of nitrogens with one attached hydrogen (secondary N) is 2. The molecule has 2 N–H and O–H groups in total. The molecule has 7 heteroatoms. The molecular weight excluding hydrogens is 408 g/mol. The van der Waals surface area contributed by atoms with E-state index in [0.717, 1.165) is 22.6 Å². The monoisotopic (exact) mass is 434 g/mol. The van der Waals surface area contributed by atoms with Crippen LogP contribution < -0.4 is 29.6 Å². The molecule has 3 aromatic rings. The summed E-state index contributed by atoms with van der Waals surface area (Å²) in [5.74, 6) is 2.67. The lowest BCUT2D eigenvalue weighted by molar-refractivity contribution is 0.174. The highest BCUT2D eigenvalue weighted by atomic mass is 16.7. The Bertz CT molecular complexity index is 1050. The lowest BCUT2D eigenvalue weighted by Gasteiger charge is -2.20. The first-order valence-electron chi connectivity index (χ1n) is 10.4. The molecule has 2 amide bonds. The average molecular weight is 434 g/mol. The summed E-state index contributed by atoms with van der Waals surface area (Å²) in [7, 11) is 3.14. The zero-order valence-electron chi connectivity index (χ0n) is 18.1. The van der Waals surface area contributed by atoms with E-state index in [-0.39, 0.29) is 18.9 Å². The molecule has 0 aliphatic carbocycles. The molecule has 166 valence electrons. The number of ether oxygens (including phenoxy) is 4. The summed E-state index contributed by atoms with van der Waals surface area (Å²) in [6.45, 7) is 0.233. The van der Waals surface area contributed by atoms with Gasteiger partial charge in [-0.25, -0.2) is 4.79 Å². The van der Waals surface area contributed by atoms with Crippen LogP contribution in [0.1, 0.15) is 11.1 Å². The molecule has 4 rings (SSSR count). The van der Waals surface area contributed by atoms with Gasteiger partial charge in [-0.3, -0.25) is 0 Å². The van der Waals surface area contributed by atoms with Crippen LogP contribution >= 0.6 is 0 Å². The Morgan fingerprint density at radius 2 is 1.56 bits per heavy atom. The van der Waals surface area contributed by atoms with Crippen LogP contribution in [0, 0.1) is 0 Å². The molecule has 7 nitrogen and oxygen atoms in total. The summed E-state index contributed by atoms with van der Waals surface area (Å²) in [5.41, 5.74) is 2.78. The van der Waals surface area contributed by atoms with E-state index in [1.54, 1.807) is 32.4 Å². The molecule has 1 heterocycles. The average Bonchev–Trinajstić information content (AvgIpc) is 3.27. The lowest BCUT2D eigenvalue weighted by atomic mass is 9.98. The highest BCUT2D eigenvalue weighted by Gasteiger charge is 2.18. The van der Waals surface area contributed by atoms with Crippen molar-refractivity contribution in [1.29, 1.82) is 0 Å². The Labute approximate surface area is 187 Å². The van der Waals surface area contributed by atoms with Gasteiger partial charge in [-0.1, -0.05) is 36.4 Å². The van der Waals surface area contributed by atoms with E-state index in [0.29, 0.717) is 30.0 Å². The van der Waals surface area contributed by atoms with Crippen molar-refractivity contribution in [2.45, 2.75) is 18.9 Å². The van der Waals surface area contributed by atoms with Crippen molar-refractivity contribution in [2.24, 2.45) is 0 Å². The standard InChI is InChI=1S/C25H26N2O5/c1-29-21-13-20(14-22(15-21)30-2)27-25(28)26-19(10-17-6-4-3-5-7-17)11-18-8-9-23-24(12-18)32-16-31-23/h3-9,12-15,19H,10-11,16H2,1-2H3,(H2,26,27,28)/t19-/m0/s1. The first-order chi connectivity index (χ1) is 15.6. The molecule has 1 atom stereocenters. The number of urea groups is 1. The number of hydrogen-bond donors (Lipinski definition) is 2. The van der Waals surface area contributed by atoms with Gasteiger partial charge < -0.3 is 29.6 Å². The Kier molecular flexibility index (Phi) is 6.65. The number of anilines is 1. The van der Waals surface area contributed by atoms with E-state index in [4.69, 9.17) is 18.9 Å². The van der Waals surface area contributed by atoms with Gasteiger partial charge in [-0.2, -0.15) is 0 Å². The number of amides is 2. The number of carbonyl (C=O) groups is 1. The number of carbonyl (C=O) groups excluding carboxylic acids is 1. The predicted octanol–water partition coefficient (Wildman–Crippen LogP) is 4.41. The number of benzene rings is 3. The van der Waals surface area contributed by atoms with E-state index in [2.05, 4.69) is 22.8 Å². The Morgan fingerprint density at radius 3 is 2.28 bits per heavy atom. The molecule has 0 aromatic heterocycles. The maximum absolute atomic E-state index is 12.8. The van der Waals surface area contributed by atoms with Crippen molar-refractivity contribution in [3.63, 3.8) is 0 Å². The Balaban J connectivity index is 1.49. The number of methoxy groups -OCH3 is 2. The van der Waals surface area contributed by atoms with Gasteiger partial charge in [0.15, 0.2) is 11.5 Å². The van der Waals surface area contributed by atoms with Crippen LogP contribution in [0.25, 0.3) is 0 Å². The van der Waals surface area contributed by atoms with E-state index >= 15 is 0 Å². The minimum atomic E-state index is -0.304. The fourth-order valence-corrected chi connectivity index (χ4v) is 3.66. The second-order valence-corrected chi connectivity index (χ2v) is 7.48. The minimum absolute atomic E-state index is 0.134. The molecule has 0 fully saturated rings. The maximum Gasteiger partial charge on any atom is 0.319 e. The molecule has 0 saturated carbocycles. The van der Waals surface area contributed by atoms with Crippen LogP contribution in [-0.2, 0) is 12.8 Å². The molecule has 1 aliphatic rings. The number of rotatable bonds is 8. The predicted molar refractivity (Wildman–Crippen MR) is 122 cm³/mol. The molecule has 32 heavy (non-hydrogen) atoms. The van der Waals surface area contributed by atoms with Crippen LogP contribution in [0.4, 0.5) is 10.5 Å². The highest BCUT2D eigenvalue weighted by Crippen LogP contribution is 2.33. The maximum atomic E-state index is 12.8. The molecular formula is C25H26N2O5. The summed E-state index contributed by atoms with van der Waals surface area (Å²) < 4.78 is 21.5. The first kappa shape index (κ1) is 21.4. The lowest BCUT2D eigenvalue weighted by Crippen LogP contribution is -2.40. The molecule has 0 spiro atoms. The third-order valence-corrected chi connectivity index (χ3v) is 5.19. The summed E-state index contributed by atoms with van der Waals surface area (Å²) in [6, 6.07) is 20.7. The second-order valence-electron chi connectivity index (χ2n) is 7.48. The number of fused-ring (bicyclic) bond motifs is 1. The van der Waals surface area contributed by atoms with Gasteiger partial charge in [0.2, 0.25) is 6.79 Å². The summed E-state index contributed by atoms with van der Waals surface area (Å²) in [6.07, 6.45) is 1.32. The van der Waals surface area contributed by atoms with Gasteiger partial charge in [0.05, 0.1) is 14.2 Å². The summed E-state index contributed by atoms with van der Waals surface area (Å²) in [5, 5.41) is 5.98. The third-order valence-electron chi connectivity index (χ3n) is 5.19. The fraction of sp³-hybridized carbons (Fsp3) is 0.240. The van der Waals surface area contributed by atoms with Gasteiger partial charge in [-0.05, 0) is 36.1 Å². The van der Waals surface area contributed by atoms with E-state index in [1.165, 1.54) is 0 Å². The van der Waals surface area contributed by atoms with Crippen molar-refractivity contribution in [1.82, 2.24) is 5.32 Å². The molecule has 0 unspecified atom stereocenters. The molecule has 0 bridgehead atoms. The van der Waals surface area contributed by atoms with Gasteiger partial charge in [-0.15, -0.1) is 0 Å². The minimum Gasteiger partial charge on any atom is -0.497 e. The molecule has 3 aromatic carbocycles. The van der Waals surface area contributed by atoms with Crippen LogP contribution in [0.3, 0.4) is 0 Å². The zero-order valence-corrected chi connectivity index (χ0v) is 18.1. The second kappa shape index (κ2) is 9.96. The quantitative estimate of drug-likeness (QED) is 0.549. The van der Waals surface area contributed by atoms with Crippen LogP contribution in [-0.4, -0.2) is 33.1 Å². The van der Waals surface area contributed by atoms with Gasteiger partial charge >= 0.3 is 6.03 Å². The fourth-order valence-electron chi connectivity index (χ4n) is 3.66. The van der Waals surface area contributed by atoms with Crippen LogP contribution in [0.5, 0.6) is 23.0 Å². The van der Waals surface area contributed by atoms with E-state index in [9.17, 15) is 4.79 Å². The normalized spacial score (nSPS) is 12.7. The van der Waals surface area contributed by atoms with Crippen LogP contribution in [0.2, 0.25) is 0 Å². The summed E-state index contributed by atoms with van der Waals surface area (Å²) in [4.78, 5) is 12.8. The largest absolute Gasteiger partial charge is 0.497 e. The zero-order chi connectivity index (χ0) is 22.3. The topological polar surface area (TPSA) is 78.1 Å². The van der Waals surface area contributed by atoms with Crippen molar-refractivity contribution >= 4 is 11.7 Å². The van der Waals surface area contributed by atoms with Gasteiger partial charge in [0.25, 0.3) is 0 Å². The van der Waals surface area contributed by atoms with Crippen LogP contribution in [0.15, 0.2) is 66.7 Å².